The predicted molar refractivity (Wildman–Crippen MR) is 129 cm³/mol. The lowest BCUT2D eigenvalue weighted by molar-refractivity contribution is -0.186. The summed E-state index contributed by atoms with van der Waals surface area (Å²) in [5, 5.41) is 2.73. The molecular weight excluding hydrogens is 418 g/mol. The number of nitrogens with one attached hydrogen (secondary N) is 1. The second-order valence-corrected chi connectivity index (χ2v) is 8.48. The van der Waals surface area contributed by atoms with Gasteiger partial charge in [-0.2, -0.15) is 0 Å². The lowest BCUT2D eigenvalue weighted by atomic mass is 9.87. The van der Waals surface area contributed by atoms with Gasteiger partial charge in [-0.15, -0.1) is 0 Å². The first kappa shape index (κ1) is 24.6. The molecule has 0 aliphatic carbocycles. The molecule has 1 heterocycles. The van der Waals surface area contributed by atoms with Crippen LogP contribution in [-0.2, 0) is 14.3 Å². The molecule has 33 heavy (non-hydrogen) atoms. The van der Waals surface area contributed by atoms with E-state index in [0.29, 0.717) is 18.0 Å². The SMILES string of the molecule is CCCCCCC1C(=O)OC1CCCCCOC(=O)Nc1ccc(Oc2ccccc2)cc1. The van der Waals surface area contributed by atoms with Crippen LogP contribution in [0.5, 0.6) is 11.5 Å². The molecule has 0 aromatic heterocycles. The molecule has 0 radical (unpaired) electrons. The second-order valence-electron chi connectivity index (χ2n) is 8.48. The van der Waals surface area contributed by atoms with Crippen molar-refractivity contribution in [2.75, 3.05) is 11.9 Å². The van der Waals surface area contributed by atoms with E-state index in [9.17, 15) is 9.59 Å². The molecule has 1 amide bonds. The predicted octanol–water partition coefficient (Wildman–Crippen LogP) is 7.10. The van der Waals surface area contributed by atoms with E-state index in [1.807, 2.05) is 30.3 Å². The van der Waals surface area contributed by atoms with Crippen LogP contribution >= 0.6 is 0 Å². The van der Waals surface area contributed by atoms with Crippen LogP contribution in [0, 0.1) is 5.92 Å². The average molecular weight is 454 g/mol. The highest BCUT2D eigenvalue weighted by atomic mass is 16.6. The number of unbranched alkanes of at least 4 members (excludes halogenated alkanes) is 5. The molecule has 0 bridgehead atoms. The number of amides is 1. The van der Waals surface area contributed by atoms with Gasteiger partial charge >= 0.3 is 12.1 Å². The normalized spacial score (nSPS) is 17.1. The van der Waals surface area contributed by atoms with E-state index in [1.165, 1.54) is 19.3 Å². The third kappa shape index (κ3) is 8.44. The van der Waals surface area contributed by atoms with Crippen LogP contribution in [0.15, 0.2) is 54.6 Å². The molecule has 1 fully saturated rings. The first-order valence-electron chi connectivity index (χ1n) is 12.1. The number of cyclic esters (lactones) is 1. The molecule has 6 nitrogen and oxygen atoms in total. The average Bonchev–Trinajstić information content (AvgIpc) is 2.82. The standard InChI is InChI=1S/C27H35NO5/c1-2-3-4-9-14-24-25(33-26(24)29)15-10-6-11-20-31-27(30)28-21-16-18-23(19-17-21)32-22-12-7-5-8-13-22/h5,7-8,12-13,16-19,24-25H,2-4,6,9-11,14-15,20H2,1H3,(H,28,30). The third-order valence-electron chi connectivity index (χ3n) is 5.83. The summed E-state index contributed by atoms with van der Waals surface area (Å²) in [6, 6.07) is 16.7. The van der Waals surface area contributed by atoms with Gasteiger partial charge in [-0.05, 0) is 68.5 Å². The van der Waals surface area contributed by atoms with Crippen molar-refractivity contribution in [3.05, 3.63) is 54.6 Å². The number of para-hydroxylation sites is 1. The van der Waals surface area contributed by atoms with Crippen LogP contribution in [0.3, 0.4) is 0 Å². The van der Waals surface area contributed by atoms with E-state index in [-0.39, 0.29) is 18.0 Å². The number of ether oxygens (including phenoxy) is 3. The molecule has 1 aliphatic rings. The van der Waals surface area contributed by atoms with Crippen molar-refractivity contribution >= 4 is 17.7 Å². The highest BCUT2D eigenvalue weighted by Crippen LogP contribution is 2.31. The van der Waals surface area contributed by atoms with E-state index in [4.69, 9.17) is 14.2 Å². The number of hydrogen-bond donors (Lipinski definition) is 1. The number of carbonyl (C=O) groups is 2. The zero-order chi connectivity index (χ0) is 23.3. The minimum Gasteiger partial charge on any atom is -0.461 e. The van der Waals surface area contributed by atoms with Crippen LogP contribution in [0.25, 0.3) is 0 Å². The Hall–Kier alpha value is -3.02. The smallest absolute Gasteiger partial charge is 0.411 e. The summed E-state index contributed by atoms with van der Waals surface area (Å²) in [5.41, 5.74) is 0.650. The van der Waals surface area contributed by atoms with Crippen molar-refractivity contribution in [2.45, 2.75) is 70.8 Å². The Kier molecular flexibility index (Phi) is 10.1. The lowest BCUT2D eigenvalue weighted by Crippen LogP contribution is -2.44. The molecular formula is C27H35NO5. The van der Waals surface area contributed by atoms with Gasteiger partial charge in [0, 0.05) is 5.69 Å². The zero-order valence-corrected chi connectivity index (χ0v) is 19.5. The van der Waals surface area contributed by atoms with E-state index in [1.54, 1.807) is 24.3 Å². The highest BCUT2D eigenvalue weighted by molar-refractivity contribution is 5.84. The van der Waals surface area contributed by atoms with E-state index >= 15 is 0 Å². The summed E-state index contributed by atoms with van der Waals surface area (Å²) in [4.78, 5) is 23.7. The Bertz CT molecular complexity index is 853. The van der Waals surface area contributed by atoms with Gasteiger partial charge in [0.05, 0.1) is 12.5 Å². The molecule has 2 atom stereocenters. The van der Waals surface area contributed by atoms with Crippen LogP contribution in [0.2, 0.25) is 0 Å². The Balaban J connectivity index is 1.24. The topological polar surface area (TPSA) is 73.9 Å². The van der Waals surface area contributed by atoms with Gasteiger partial charge in [0.25, 0.3) is 0 Å². The van der Waals surface area contributed by atoms with Gasteiger partial charge in [0.2, 0.25) is 0 Å². The molecule has 1 N–H and O–H groups in total. The molecule has 2 aromatic carbocycles. The summed E-state index contributed by atoms with van der Waals surface area (Å²) < 4.78 is 16.3. The number of rotatable bonds is 14. The molecule has 2 unspecified atom stereocenters. The largest absolute Gasteiger partial charge is 0.461 e. The fraction of sp³-hybridized carbons (Fsp3) is 0.481. The maximum Gasteiger partial charge on any atom is 0.411 e. The molecule has 178 valence electrons. The van der Waals surface area contributed by atoms with Crippen LogP contribution in [0.4, 0.5) is 10.5 Å². The minimum absolute atomic E-state index is 0.0313. The number of carbonyl (C=O) groups excluding carboxylic acids is 2. The number of hydrogen-bond acceptors (Lipinski definition) is 5. The Morgan fingerprint density at radius 1 is 0.879 bits per heavy atom. The maximum atomic E-state index is 12.0. The Morgan fingerprint density at radius 3 is 2.30 bits per heavy atom. The van der Waals surface area contributed by atoms with Gasteiger partial charge in [-0.3, -0.25) is 10.1 Å². The van der Waals surface area contributed by atoms with Crippen LogP contribution in [0.1, 0.15) is 64.7 Å². The molecule has 3 rings (SSSR count). The van der Waals surface area contributed by atoms with Crippen molar-refractivity contribution in [3.63, 3.8) is 0 Å². The van der Waals surface area contributed by atoms with E-state index < -0.39 is 6.09 Å². The molecule has 6 heteroatoms. The molecule has 0 spiro atoms. The van der Waals surface area contributed by atoms with Crippen LogP contribution in [-0.4, -0.2) is 24.8 Å². The summed E-state index contributed by atoms with van der Waals surface area (Å²) >= 11 is 0. The van der Waals surface area contributed by atoms with Gasteiger partial charge in [0.1, 0.15) is 17.6 Å². The van der Waals surface area contributed by atoms with Crippen molar-refractivity contribution in [1.82, 2.24) is 0 Å². The number of esters is 1. The summed E-state index contributed by atoms with van der Waals surface area (Å²) in [6.45, 7) is 2.56. The van der Waals surface area contributed by atoms with Crippen molar-refractivity contribution < 1.29 is 23.8 Å². The maximum absolute atomic E-state index is 12.0. The molecule has 0 saturated carbocycles. The highest BCUT2D eigenvalue weighted by Gasteiger charge is 2.40. The van der Waals surface area contributed by atoms with Gasteiger partial charge in [0.15, 0.2) is 0 Å². The van der Waals surface area contributed by atoms with Gasteiger partial charge in [-0.1, -0.05) is 50.8 Å². The zero-order valence-electron chi connectivity index (χ0n) is 19.5. The first-order valence-corrected chi connectivity index (χ1v) is 12.1. The van der Waals surface area contributed by atoms with Crippen LogP contribution < -0.4 is 10.1 Å². The quantitative estimate of drug-likeness (QED) is 0.244. The lowest BCUT2D eigenvalue weighted by Gasteiger charge is -2.35. The van der Waals surface area contributed by atoms with E-state index in [2.05, 4.69) is 12.2 Å². The first-order chi connectivity index (χ1) is 16.2. The summed E-state index contributed by atoms with van der Waals surface area (Å²) in [7, 11) is 0. The molecule has 1 aliphatic heterocycles. The van der Waals surface area contributed by atoms with Crippen molar-refractivity contribution in [3.8, 4) is 11.5 Å². The summed E-state index contributed by atoms with van der Waals surface area (Å²) in [6.07, 6.45) is 8.89. The minimum atomic E-state index is -0.466. The second kappa shape index (κ2) is 13.5. The third-order valence-corrected chi connectivity index (χ3v) is 5.83. The van der Waals surface area contributed by atoms with Gasteiger partial charge < -0.3 is 14.2 Å². The molecule has 2 aromatic rings. The number of anilines is 1. The molecule has 1 saturated heterocycles. The van der Waals surface area contributed by atoms with Crippen molar-refractivity contribution in [1.29, 1.82) is 0 Å². The Morgan fingerprint density at radius 2 is 1.58 bits per heavy atom. The Labute approximate surface area is 196 Å². The fourth-order valence-corrected chi connectivity index (χ4v) is 3.93. The van der Waals surface area contributed by atoms with Gasteiger partial charge in [-0.25, -0.2) is 4.79 Å². The fourth-order valence-electron chi connectivity index (χ4n) is 3.93. The number of benzene rings is 2. The van der Waals surface area contributed by atoms with Crippen molar-refractivity contribution in [2.24, 2.45) is 5.92 Å². The monoisotopic (exact) mass is 453 g/mol. The van der Waals surface area contributed by atoms with E-state index in [0.717, 1.165) is 44.3 Å². The summed E-state index contributed by atoms with van der Waals surface area (Å²) in [5.74, 6) is 1.51.